The minimum atomic E-state index is -0.164. The molecule has 0 saturated heterocycles. The van der Waals surface area contributed by atoms with Crippen molar-refractivity contribution in [1.82, 2.24) is 0 Å². The van der Waals surface area contributed by atoms with Crippen LogP contribution in [-0.4, -0.2) is 0 Å². The van der Waals surface area contributed by atoms with Crippen molar-refractivity contribution < 1.29 is 4.39 Å². The first kappa shape index (κ1) is 10.2. The number of benzene rings is 2. The van der Waals surface area contributed by atoms with E-state index < -0.39 is 0 Å². The molecule has 0 aliphatic rings. The van der Waals surface area contributed by atoms with Gasteiger partial charge in [0.2, 0.25) is 0 Å². The molecule has 0 nitrogen and oxygen atoms in total. The molecule has 0 aliphatic carbocycles. The number of rotatable bonds is 1. The molecule has 0 aliphatic heterocycles. The SMILES string of the molecule is Cc1cc(C(C)C)cc2cc(F)ccc12. The Morgan fingerprint density at radius 3 is 2.47 bits per heavy atom. The molecule has 1 heteroatoms. The molecule has 0 amide bonds. The van der Waals surface area contributed by atoms with Crippen LogP contribution in [0.2, 0.25) is 0 Å². The molecule has 0 spiro atoms. The summed E-state index contributed by atoms with van der Waals surface area (Å²) < 4.78 is 13.1. The van der Waals surface area contributed by atoms with Gasteiger partial charge in [0.25, 0.3) is 0 Å². The zero-order valence-electron chi connectivity index (χ0n) is 9.34. The molecule has 0 N–H and O–H groups in total. The van der Waals surface area contributed by atoms with E-state index in [1.54, 1.807) is 6.07 Å². The smallest absolute Gasteiger partial charge is 0.123 e. The predicted octanol–water partition coefficient (Wildman–Crippen LogP) is 4.41. The molecular weight excluding hydrogens is 187 g/mol. The van der Waals surface area contributed by atoms with E-state index in [0.29, 0.717) is 5.92 Å². The first-order valence-corrected chi connectivity index (χ1v) is 5.28. The lowest BCUT2D eigenvalue weighted by molar-refractivity contribution is 0.629. The molecule has 0 atom stereocenters. The largest absolute Gasteiger partial charge is 0.207 e. The average molecular weight is 202 g/mol. The Labute approximate surface area is 89.7 Å². The van der Waals surface area contributed by atoms with Crippen molar-refractivity contribution in [3.8, 4) is 0 Å². The summed E-state index contributed by atoms with van der Waals surface area (Å²) in [6, 6.07) is 9.24. The predicted molar refractivity (Wildman–Crippen MR) is 62.7 cm³/mol. The van der Waals surface area contributed by atoms with E-state index in [2.05, 4.69) is 32.9 Å². The van der Waals surface area contributed by atoms with Gasteiger partial charge in [-0.15, -0.1) is 0 Å². The van der Waals surface area contributed by atoms with Gasteiger partial charge in [-0.1, -0.05) is 32.0 Å². The van der Waals surface area contributed by atoms with Crippen molar-refractivity contribution in [3.63, 3.8) is 0 Å². The fraction of sp³-hybridized carbons (Fsp3) is 0.286. The third-order valence-electron chi connectivity index (χ3n) is 2.81. The molecule has 0 saturated carbocycles. The first-order chi connectivity index (χ1) is 7.08. The molecule has 0 radical (unpaired) electrons. The van der Waals surface area contributed by atoms with E-state index in [1.165, 1.54) is 17.2 Å². The quantitative estimate of drug-likeness (QED) is 0.642. The van der Waals surface area contributed by atoms with Gasteiger partial charge in [-0.05, 0) is 46.9 Å². The maximum Gasteiger partial charge on any atom is 0.123 e. The third kappa shape index (κ3) is 1.87. The van der Waals surface area contributed by atoms with Crippen LogP contribution in [0.4, 0.5) is 4.39 Å². The van der Waals surface area contributed by atoms with Crippen molar-refractivity contribution in [1.29, 1.82) is 0 Å². The number of halogens is 1. The van der Waals surface area contributed by atoms with E-state index in [9.17, 15) is 4.39 Å². The molecule has 0 bridgehead atoms. The summed E-state index contributed by atoms with van der Waals surface area (Å²) in [6.07, 6.45) is 0. The summed E-state index contributed by atoms with van der Waals surface area (Å²) in [4.78, 5) is 0. The minimum absolute atomic E-state index is 0.164. The normalized spacial score (nSPS) is 11.3. The zero-order valence-corrected chi connectivity index (χ0v) is 9.34. The Morgan fingerprint density at radius 2 is 1.80 bits per heavy atom. The second-order valence-electron chi connectivity index (χ2n) is 4.36. The van der Waals surface area contributed by atoms with Crippen LogP contribution in [0.3, 0.4) is 0 Å². The van der Waals surface area contributed by atoms with E-state index in [0.717, 1.165) is 10.8 Å². The Balaban J connectivity index is 2.74. The number of hydrogen-bond donors (Lipinski definition) is 0. The van der Waals surface area contributed by atoms with Crippen molar-refractivity contribution in [2.24, 2.45) is 0 Å². The molecule has 78 valence electrons. The van der Waals surface area contributed by atoms with Gasteiger partial charge in [0.05, 0.1) is 0 Å². The molecule has 0 unspecified atom stereocenters. The Morgan fingerprint density at radius 1 is 1.07 bits per heavy atom. The van der Waals surface area contributed by atoms with Gasteiger partial charge >= 0.3 is 0 Å². The summed E-state index contributed by atoms with van der Waals surface area (Å²) in [5, 5.41) is 2.14. The fourth-order valence-electron chi connectivity index (χ4n) is 1.89. The van der Waals surface area contributed by atoms with Crippen molar-refractivity contribution in [2.45, 2.75) is 26.7 Å². The van der Waals surface area contributed by atoms with Crippen molar-refractivity contribution in [2.75, 3.05) is 0 Å². The van der Waals surface area contributed by atoms with E-state index in [1.807, 2.05) is 6.07 Å². The topological polar surface area (TPSA) is 0 Å². The lowest BCUT2D eigenvalue weighted by Crippen LogP contribution is -1.90. The van der Waals surface area contributed by atoms with Crippen LogP contribution in [0, 0.1) is 12.7 Å². The Bertz CT molecular complexity index is 498. The molecular formula is C14H15F. The average Bonchev–Trinajstić information content (AvgIpc) is 2.16. The van der Waals surface area contributed by atoms with Gasteiger partial charge < -0.3 is 0 Å². The van der Waals surface area contributed by atoms with Gasteiger partial charge in [0.1, 0.15) is 5.82 Å². The van der Waals surface area contributed by atoms with Crippen molar-refractivity contribution in [3.05, 3.63) is 47.3 Å². The van der Waals surface area contributed by atoms with Crippen LogP contribution < -0.4 is 0 Å². The second kappa shape index (κ2) is 3.65. The highest BCUT2D eigenvalue weighted by Crippen LogP contribution is 2.25. The Hall–Kier alpha value is -1.37. The van der Waals surface area contributed by atoms with Crippen LogP contribution in [0.1, 0.15) is 30.9 Å². The highest BCUT2D eigenvalue weighted by Gasteiger charge is 2.04. The first-order valence-electron chi connectivity index (χ1n) is 5.28. The molecule has 0 fully saturated rings. The highest BCUT2D eigenvalue weighted by atomic mass is 19.1. The molecule has 0 heterocycles. The number of aryl methyl sites for hydroxylation is 1. The highest BCUT2D eigenvalue weighted by molar-refractivity contribution is 5.86. The van der Waals surface area contributed by atoms with Crippen LogP contribution >= 0.6 is 0 Å². The summed E-state index contributed by atoms with van der Waals surface area (Å²) in [7, 11) is 0. The van der Waals surface area contributed by atoms with Crippen LogP contribution in [0.5, 0.6) is 0 Å². The third-order valence-corrected chi connectivity index (χ3v) is 2.81. The standard InChI is InChI=1S/C14H15F/c1-9(2)11-6-10(3)14-5-4-13(15)8-12(14)7-11/h4-9H,1-3H3. The van der Waals surface area contributed by atoms with Gasteiger partial charge in [0.15, 0.2) is 0 Å². The number of hydrogen-bond acceptors (Lipinski definition) is 0. The molecule has 2 aromatic rings. The van der Waals surface area contributed by atoms with E-state index in [4.69, 9.17) is 0 Å². The monoisotopic (exact) mass is 202 g/mol. The van der Waals surface area contributed by atoms with Crippen LogP contribution in [-0.2, 0) is 0 Å². The molecule has 15 heavy (non-hydrogen) atoms. The molecule has 2 aromatic carbocycles. The second-order valence-corrected chi connectivity index (χ2v) is 4.36. The van der Waals surface area contributed by atoms with Crippen molar-refractivity contribution >= 4 is 10.8 Å². The number of fused-ring (bicyclic) bond motifs is 1. The maximum atomic E-state index is 13.1. The van der Waals surface area contributed by atoms with Crippen LogP contribution in [0.15, 0.2) is 30.3 Å². The zero-order chi connectivity index (χ0) is 11.0. The maximum absolute atomic E-state index is 13.1. The molecule has 2 rings (SSSR count). The van der Waals surface area contributed by atoms with Crippen LogP contribution in [0.25, 0.3) is 10.8 Å². The summed E-state index contributed by atoms with van der Waals surface area (Å²) in [5.41, 5.74) is 2.49. The van der Waals surface area contributed by atoms with Gasteiger partial charge in [-0.2, -0.15) is 0 Å². The Kier molecular flexibility index (Phi) is 2.47. The van der Waals surface area contributed by atoms with E-state index >= 15 is 0 Å². The lowest BCUT2D eigenvalue weighted by Gasteiger charge is -2.10. The summed E-state index contributed by atoms with van der Waals surface area (Å²) in [5.74, 6) is 0.319. The van der Waals surface area contributed by atoms with Gasteiger partial charge in [0, 0.05) is 0 Å². The van der Waals surface area contributed by atoms with Gasteiger partial charge in [-0.25, -0.2) is 4.39 Å². The summed E-state index contributed by atoms with van der Waals surface area (Å²) >= 11 is 0. The summed E-state index contributed by atoms with van der Waals surface area (Å²) in [6.45, 7) is 6.38. The fourth-order valence-corrected chi connectivity index (χ4v) is 1.89. The minimum Gasteiger partial charge on any atom is -0.207 e. The van der Waals surface area contributed by atoms with Gasteiger partial charge in [-0.3, -0.25) is 0 Å². The molecule has 0 aromatic heterocycles. The van der Waals surface area contributed by atoms with E-state index in [-0.39, 0.29) is 5.82 Å². The lowest BCUT2D eigenvalue weighted by atomic mass is 9.96.